The average Bonchev–Trinajstić information content (AvgIpc) is 3.57. The molecule has 4 aromatic rings. The number of nitrogens with zero attached hydrogens (tertiary/aromatic N) is 2. The average molecular weight is 530 g/mol. The summed E-state index contributed by atoms with van der Waals surface area (Å²) in [6.45, 7) is 4.02. The summed E-state index contributed by atoms with van der Waals surface area (Å²) in [5, 5.41) is 7.84. The van der Waals surface area contributed by atoms with Crippen LogP contribution in [0.5, 0.6) is 5.75 Å². The molecule has 2 heterocycles. The fourth-order valence-electron chi connectivity index (χ4n) is 4.43. The van der Waals surface area contributed by atoms with E-state index in [1.807, 2.05) is 56.3 Å². The molecular formula is C30H31N3O4S. The third-order valence-corrected chi connectivity index (χ3v) is 7.89. The SMILES string of the molecule is CCC(C)OC(=O)c1c(NC(=O)c2ccn(COc3ccc(-c4ccccc4)cc3)n2)sc2c1CCCC2. The van der Waals surface area contributed by atoms with Crippen LogP contribution in [0, 0.1) is 0 Å². The molecule has 1 aliphatic rings. The number of amides is 1. The molecule has 0 radical (unpaired) electrons. The number of aromatic nitrogens is 2. The number of thiophene rings is 1. The summed E-state index contributed by atoms with van der Waals surface area (Å²) < 4.78 is 13.1. The van der Waals surface area contributed by atoms with Crippen LogP contribution in [0.3, 0.4) is 0 Å². The lowest BCUT2D eigenvalue weighted by Crippen LogP contribution is -2.19. The molecule has 0 bridgehead atoms. The van der Waals surface area contributed by atoms with E-state index in [-0.39, 0.29) is 30.4 Å². The smallest absolute Gasteiger partial charge is 0.341 e. The van der Waals surface area contributed by atoms with Gasteiger partial charge in [0.05, 0.1) is 11.7 Å². The van der Waals surface area contributed by atoms with E-state index >= 15 is 0 Å². The van der Waals surface area contributed by atoms with Gasteiger partial charge in [0.2, 0.25) is 0 Å². The lowest BCUT2D eigenvalue weighted by Gasteiger charge is -2.15. The number of carbonyl (C=O) groups excluding carboxylic acids is 2. The molecule has 0 saturated heterocycles. The highest BCUT2D eigenvalue weighted by molar-refractivity contribution is 7.17. The van der Waals surface area contributed by atoms with Crippen molar-refractivity contribution in [1.29, 1.82) is 0 Å². The first kappa shape index (κ1) is 25.7. The van der Waals surface area contributed by atoms with Crippen molar-refractivity contribution in [3.05, 3.63) is 88.6 Å². The summed E-state index contributed by atoms with van der Waals surface area (Å²) in [4.78, 5) is 27.2. The predicted octanol–water partition coefficient (Wildman–Crippen LogP) is 6.73. The molecule has 5 rings (SSSR count). The number of esters is 1. The second-order valence-electron chi connectivity index (χ2n) is 9.40. The van der Waals surface area contributed by atoms with Gasteiger partial charge in [-0.1, -0.05) is 49.4 Å². The van der Waals surface area contributed by atoms with E-state index in [0.29, 0.717) is 16.3 Å². The van der Waals surface area contributed by atoms with E-state index in [0.717, 1.165) is 53.7 Å². The Labute approximate surface area is 226 Å². The highest BCUT2D eigenvalue weighted by Crippen LogP contribution is 2.39. The Bertz CT molecular complexity index is 1410. The Hall–Kier alpha value is -3.91. The maximum absolute atomic E-state index is 13.1. The van der Waals surface area contributed by atoms with Gasteiger partial charge in [-0.05, 0) is 73.9 Å². The van der Waals surface area contributed by atoms with Gasteiger partial charge in [-0.15, -0.1) is 11.3 Å². The van der Waals surface area contributed by atoms with Crippen LogP contribution < -0.4 is 10.1 Å². The zero-order chi connectivity index (χ0) is 26.5. The van der Waals surface area contributed by atoms with Crippen molar-refractivity contribution in [2.45, 2.75) is 58.8 Å². The zero-order valence-corrected chi connectivity index (χ0v) is 22.4. The van der Waals surface area contributed by atoms with Gasteiger partial charge in [-0.3, -0.25) is 4.79 Å². The number of benzene rings is 2. The summed E-state index contributed by atoms with van der Waals surface area (Å²) in [6, 6.07) is 19.6. The standard InChI is InChI=1S/C30H31N3O4S/c1-3-20(2)37-30(35)27-24-11-7-8-12-26(24)38-29(27)31-28(34)25-17-18-33(32-25)19-36-23-15-13-22(14-16-23)21-9-5-4-6-10-21/h4-6,9-10,13-18,20H,3,7-8,11-12,19H2,1-2H3,(H,31,34). The Morgan fingerprint density at radius 1 is 1.03 bits per heavy atom. The fraction of sp³-hybridized carbons (Fsp3) is 0.300. The Morgan fingerprint density at radius 3 is 2.53 bits per heavy atom. The summed E-state index contributed by atoms with van der Waals surface area (Å²) in [5.74, 6) is -0.0294. The van der Waals surface area contributed by atoms with E-state index in [9.17, 15) is 9.59 Å². The van der Waals surface area contributed by atoms with Gasteiger partial charge >= 0.3 is 5.97 Å². The molecule has 7 nitrogen and oxygen atoms in total. The summed E-state index contributed by atoms with van der Waals surface area (Å²) in [6.07, 6.45) is 6.10. The van der Waals surface area contributed by atoms with Crippen LogP contribution in [-0.2, 0) is 24.3 Å². The van der Waals surface area contributed by atoms with E-state index < -0.39 is 0 Å². The van der Waals surface area contributed by atoms with Crippen LogP contribution in [0.15, 0.2) is 66.9 Å². The van der Waals surface area contributed by atoms with Crippen LogP contribution in [0.2, 0.25) is 0 Å². The Morgan fingerprint density at radius 2 is 1.76 bits per heavy atom. The number of hydrogen-bond donors (Lipinski definition) is 1. The highest BCUT2D eigenvalue weighted by atomic mass is 32.1. The number of ether oxygens (including phenoxy) is 2. The first-order chi connectivity index (χ1) is 18.5. The second kappa shape index (κ2) is 11.6. The fourth-order valence-corrected chi connectivity index (χ4v) is 5.70. The maximum atomic E-state index is 13.1. The van der Waals surface area contributed by atoms with Gasteiger partial charge in [0.25, 0.3) is 5.91 Å². The van der Waals surface area contributed by atoms with Crippen molar-refractivity contribution in [2.75, 3.05) is 5.32 Å². The second-order valence-corrected chi connectivity index (χ2v) is 10.5. The number of nitrogens with one attached hydrogen (secondary N) is 1. The molecule has 1 aliphatic carbocycles. The molecule has 1 amide bonds. The predicted molar refractivity (Wildman–Crippen MR) is 149 cm³/mol. The molecule has 1 N–H and O–H groups in total. The number of fused-ring (bicyclic) bond motifs is 1. The first-order valence-corrected chi connectivity index (χ1v) is 13.8. The molecule has 1 atom stereocenters. The van der Waals surface area contributed by atoms with Gasteiger partial charge in [0.15, 0.2) is 12.4 Å². The molecule has 0 saturated carbocycles. The third kappa shape index (κ3) is 5.81. The minimum absolute atomic E-state index is 0.164. The molecular weight excluding hydrogens is 498 g/mol. The Kier molecular flexibility index (Phi) is 7.89. The van der Waals surface area contributed by atoms with Crippen molar-refractivity contribution < 1.29 is 19.1 Å². The van der Waals surface area contributed by atoms with Gasteiger partial charge in [0, 0.05) is 11.1 Å². The third-order valence-electron chi connectivity index (χ3n) is 6.68. The molecule has 0 aliphatic heterocycles. The minimum Gasteiger partial charge on any atom is -0.471 e. The van der Waals surface area contributed by atoms with Crippen LogP contribution >= 0.6 is 11.3 Å². The van der Waals surface area contributed by atoms with Crippen molar-refractivity contribution in [3.63, 3.8) is 0 Å². The molecule has 38 heavy (non-hydrogen) atoms. The van der Waals surface area contributed by atoms with E-state index in [2.05, 4.69) is 22.5 Å². The zero-order valence-electron chi connectivity index (χ0n) is 21.6. The van der Waals surface area contributed by atoms with Gasteiger partial charge in [-0.2, -0.15) is 5.10 Å². The quantitative estimate of drug-likeness (QED) is 0.243. The number of hydrogen-bond acceptors (Lipinski definition) is 6. The summed E-state index contributed by atoms with van der Waals surface area (Å²) in [7, 11) is 0. The molecule has 0 fully saturated rings. The van der Waals surface area contributed by atoms with Crippen LogP contribution in [0.1, 0.15) is 64.4 Å². The summed E-state index contributed by atoms with van der Waals surface area (Å²) in [5.41, 5.74) is 4.02. The molecule has 1 unspecified atom stereocenters. The lowest BCUT2D eigenvalue weighted by molar-refractivity contribution is 0.0335. The van der Waals surface area contributed by atoms with E-state index in [1.165, 1.54) is 11.3 Å². The van der Waals surface area contributed by atoms with Crippen LogP contribution in [0.25, 0.3) is 11.1 Å². The number of carbonyl (C=O) groups is 2. The molecule has 2 aromatic heterocycles. The monoisotopic (exact) mass is 529 g/mol. The number of aryl methyl sites for hydroxylation is 1. The molecule has 2 aromatic carbocycles. The largest absolute Gasteiger partial charge is 0.471 e. The van der Waals surface area contributed by atoms with Crippen molar-refractivity contribution in [1.82, 2.24) is 9.78 Å². The lowest BCUT2D eigenvalue weighted by atomic mass is 9.95. The van der Waals surface area contributed by atoms with Crippen LogP contribution in [0.4, 0.5) is 5.00 Å². The van der Waals surface area contributed by atoms with Gasteiger partial charge in [0.1, 0.15) is 10.8 Å². The Balaban J connectivity index is 1.24. The van der Waals surface area contributed by atoms with Crippen molar-refractivity contribution >= 4 is 28.2 Å². The summed E-state index contributed by atoms with van der Waals surface area (Å²) >= 11 is 1.47. The van der Waals surface area contributed by atoms with Gasteiger partial charge in [-0.25, -0.2) is 9.48 Å². The van der Waals surface area contributed by atoms with Crippen molar-refractivity contribution in [2.24, 2.45) is 0 Å². The first-order valence-electron chi connectivity index (χ1n) is 13.0. The number of anilines is 1. The normalized spacial score (nSPS) is 13.4. The molecule has 0 spiro atoms. The highest BCUT2D eigenvalue weighted by Gasteiger charge is 2.28. The molecule has 8 heteroatoms. The topological polar surface area (TPSA) is 82.5 Å². The van der Waals surface area contributed by atoms with Crippen molar-refractivity contribution in [3.8, 4) is 16.9 Å². The molecule has 196 valence electrons. The van der Waals surface area contributed by atoms with Gasteiger partial charge < -0.3 is 14.8 Å². The minimum atomic E-state index is -0.369. The van der Waals surface area contributed by atoms with E-state index in [4.69, 9.17) is 9.47 Å². The number of rotatable bonds is 9. The van der Waals surface area contributed by atoms with E-state index in [1.54, 1.807) is 16.9 Å². The maximum Gasteiger partial charge on any atom is 0.341 e. The van der Waals surface area contributed by atoms with Crippen LogP contribution in [-0.4, -0.2) is 27.8 Å².